The van der Waals surface area contributed by atoms with Gasteiger partial charge < -0.3 is 14.6 Å². The lowest BCUT2D eigenvalue weighted by molar-refractivity contribution is -0.141. The lowest BCUT2D eigenvalue weighted by atomic mass is 9.97. The number of carbonyl (C=O) groups is 2. The summed E-state index contributed by atoms with van der Waals surface area (Å²) in [4.78, 5) is 28.1. The van der Waals surface area contributed by atoms with Crippen LogP contribution >= 0.6 is 0 Å². The molecule has 21 heavy (non-hydrogen) atoms. The average Bonchev–Trinajstić information content (AvgIpc) is 2.83. The SMILES string of the molecule is Cc1cocc1C(=O)NC1CN(C2CCCN(C)C2=O)C1. The summed E-state index contributed by atoms with van der Waals surface area (Å²) in [5.41, 5.74) is 1.43. The number of likely N-dealkylation sites (tertiary alicyclic amines) is 2. The van der Waals surface area contributed by atoms with Crippen LogP contribution in [-0.4, -0.2) is 60.4 Å². The van der Waals surface area contributed by atoms with E-state index >= 15 is 0 Å². The topological polar surface area (TPSA) is 65.8 Å². The molecule has 1 aromatic heterocycles. The third kappa shape index (κ3) is 2.68. The van der Waals surface area contributed by atoms with Crippen molar-refractivity contribution in [2.24, 2.45) is 0 Å². The van der Waals surface area contributed by atoms with Crippen LogP contribution in [0.1, 0.15) is 28.8 Å². The van der Waals surface area contributed by atoms with Crippen LogP contribution in [0.3, 0.4) is 0 Å². The number of rotatable bonds is 3. The van der Waals surface area contributed by atoms with Gasteiger partial charge in [-0.3, -0.25) is 14.5 Å². The highest BCUT2D eigenvalue weighted by Gasteiger charge is 2.39. The Bertz CT molecular complexity index is 548. The van der Waals surface area contributed by atoms with Gasteiger partial charge in [-0.25, -0.2) is 0 Å². The maximum Gasteiger partial charge on any atom is 0.255 e. The molecule has 0 aromatic carbocycles. The second-order valence-corrected chi connectivity index (χ2v) is 6.01. The van der Waals surface area contributed by atoms with Crippen LogP contribution in [0.4, 0.5) is 0 Å². The molecule has 2 saturated heterocycles. The van der Waals surface area contributed by atoms with Crippen molar-refractivity contribution in [3.63, 3.8) is 0 Å². The van der Waals surface area contributed by atoms with E-state index in [1.54, 1.807) is 11.2 Å². The second-order valence-electron chi connectivity index (χ2n) is 6.01. The fourth-order valence-corrected chi connectivity index (χ4v) is 3.06. The minimum Gasteiger partial charge on any atom is -0.471 e. The number of hydrogen-bond donors (Lipinski definition) is 1. The molecule has 1 unspecified atom stereocenters. The van der Waals surface area contributed by atoms with E-state index in [-0.39, 0.29) is 23.9 Å². The maximum absolute atomic E-state index is 12.1. The smallest absolute Gasteiger partial charge is 0.255 e. The number of nitrogens with one attached hydrogen (secondary N) is 1. The van der Waals surface area contributed by atoms with Gasteiger partial charge in [0, 0.05) is 26.7 Å². The van der Waals surface area contributed by atoms with Crippen LogP contribution in [0.2, 0.25) is 0 Å². The van der Waals surface area contributed by atoms with E-state index in [9.17, 15) is 9.59 Å². The zero-order chi connectivity index (χ0) is 15.0. The molecule has 2 aliphatic heterocycles. The summed E-state index contributed by atoms with van der Waals surface area (Å²) < 4.78 is 5.02. The van der Waals surface area contributed by atoms with Crippen LogP contribution in [0.15, 0.2) is 16.9 Å². The summed E-state index contributed by atoms with van der Waals surface area (Å²) in [5.74, 6) is 0.106. The van der Waals surface area contributed by atoms with Crippen molar-refractivity contribution in [3.8, 4) is 0 Å². The summed E-state index contributed by atoms with van der Waals surface area (Å²) >= 11 is 0. The highest BCUT2D eigenvalue weighted by molar-refractivity contribution is 5.95. The van der Waals surface area contributed by atoms with Gasteiger partial charge in [-0.1, -0.05) is 0 Å². The van der Waals surface area contributed by atoms with Crippen molar-refractivity contribution in [1.82, 2.24) is 15.1 Å². The highest BCUT2D eigenvalue weighted by atomic mass is 16.3. The number of aryl methyl sites for hydroxylation is 1. The molecule has 1 aromatic rings. The monoisotopic (exact) mass is 291 g/mol. The van der Waals surface area contributed by atoms with Gasteiger partial charge in [0.1, 0.15) is 6.26 Å². The van der Waals surface area contributed by atoms with Crippen molar-refractivity contribution >= 4 is 11.8 Å². The second kappa shape index (κ2) is 5.52. The van der Waals surface area contributed by atoms with Gasteiger partial charge in [-0.15, -0.1) is 0 Å². The van der Waals surface area contributed by atoms with E-state index in [4.69, 9.17) is 4.42 Å². The molecular formula is C15H21N3O3. The van der Waals surface area contributed by atoms with Crippen molar-refractivity contribution in [2.75, 3.05) is 26.7 Å². The van der Waals surface area contributed by atoms with Crippen LogP contribution in [0.25, 0.3) is 0 Å². The van der Waals surface area contributed by atoms with Gasteiger partial charge in [0.2, 0.25) is 5.91 Å². The average molecular weight is 291 g/mol. The fraction of sp³-hybridized carbons (Fsp3) is 0.600. The van der Waals surface area contributed by atoms with Crippen molar-refractivity contribution in [1.29, 1.82) is 0 Å². The van der Waals surface area contributed by atoms with E-state index in [1.807, 2.05) is 14.0 Å². The van der Waals surface area contributed by atoms with Crippen LogP contribution in [-0.2, 0) is 4.79 Å². The lowest BCUT2D eigenvalue weighted by Gasteiger charge is -2.46. The normalized spacial score (nSPS) is 24.0. The summed E-state index contributed by atoms with van der Waals surface area (Å²) in [5, 5.41) is 2.99. The van der Waals surface area contributed by atoms with Crippen molar-refractivity contribution in [3.05, 3.63) is 23.7 Å². The summed E-state index contributed by atoms with van der Waals surface area (Å²) in [6, 6.07) is 0.111. The molecule has 0 aliphatic carbocycles. The number of furan rings is 1. The van der Waals surface area contributed by atoms with Crippen molar-refractivity contribution in [2.45, 2.75) is 31.8 Å². The largest absolute Gasteiger partial charge is 0.471 e. The third-order valence-electron chi connectivity index (χ3n) is 4.42. The number of likely N-dealkylation sites (N-methyl/N-ethyl adjacent to an activating group) is 1. The molecule has 1 atom stereocenters. The lowest BCUT2D eigenvalue weighted by Crippen LogP contribution is -2.65. The first kappa shape index (κ1) is 14.1. The Morgan fingerprint density at radius 1 is 1.38 bits per heavy atom. The molecule has 2 aliphatic rings. The van der Waals surface area contributed by atoms with E-state index in [1.165, 1.54) is 6.26 Å². The molecular weight excluding hydrogens is 270 g/mol. The van der Waals surface area contributed by atoms with E-state index in [0.29, 0.717) is 5.56 Å². The zero-order valence-electron chi connectivity index (χ0n) is 12.5. The number of nitrogens with zero attached hydrogens (tertiary/aromatic N) is 2. The van der Waals surface area contributed by atoms with Crippen LogP contribution in [0, 0.1) is 6.92 Å². The van der Waals surface area contributed by atoms with Gasteiger partial charge in [0.15, 0.2) is 0 Å². The third-order valence-corrected chi connectivity index (χ3v) is 4.42. The first-order valence-electron chi connectivity index (χ1n) is 7.39. The minimum atomic E-state index is -0.0991. The Balaban J connectivity index is 1.51. The molecule has 114 valence electrons. The van der Waals surface area contributed by atoms with Crippen LogP contribution in [0.5, 0.6) is 0 Å². The minimum absolute atomic E-state index is 0.00689. The van der Waals surface area contributed by atoms with Gasteiger partial charge in [0.05, 0.1) is 23.9 Å². The fourth-order valence-electron chi connectivity index (χ4n) is 3.06. The van der Waals surface area contributed by atoms with E-state index in [2.05, 4.69) is 10.2 Å². The first-order chi connectivity index (χ1) is 10.1. The standard InChI is InChI=1S/C15H21N3O3/c1-10-8-21-9-12(10)14(19)16-11-6-18(7-11)13-4-3-5-17(2)15(13)20/h8-9,11,13H,3-7H2,1-2H3,(H,16,19). The van der Waals surface area contributed by atoms with Gasteiger partial charge >= 0.3 is 0 Å². The molecule has 3 rings (SSSR count). The highest BCUT2D eigenvalue weighted by Crippen LogP contribution is 2.22. The number of hydrogen-bond acceptors (Lipinski definition) is 4. The molecule has 2 amide bonds. The molecule has 1 N–H and O–H groups in total. The number of amides is 2. The Hall–Kier alpha value is -1.82. The van der Waals surface area contributed by atoms with Gasteiger partial charge in [0.25, 0.3) is 5.91 Å². The molecule has 0 spiro atoms. The Labute approximate surface area is 124 Å². The van der Waals surface area contributed by atoms with Gasteiger partial charge in [-0.05, 0) is 25.3 Å². The zero-order valence-corrected chi connectivity index (χ0v) is 12.5. The maximum atomic E-state index is 12.1. The Kier molecular flexibility index (Phi) is 3.71. The molecule has 0 saturated carbocycles. The Morgan fingerprint density at radius 2 is 2.14 bits per heavy atom. The van der Waals surface area contributed by atoms with E-state index < -0.39 is 0 Å². The van der Waals surface area contributed by atoms with Crippen LogP contribution < -0.4 is 5.32 Å². The Morgan fingerprint density at radius 3 is 2.81 bits per heavy atom. The summed E-state index contributed by atoms with van der Waals surface area (Å²) in [7, 11) is 1.86. The number of carbonyl (C=O) groups excluding carboxylic acids is 2. The van der Waals surface area contributed by atoms with Gasteiger partial charge in [-0.2, -0.15) is 0 Å². The van der Waals surface area contributed by atoms with E-state index in [0.717, 1.165) is 38.0 Å². The molecule has 6 nitrogen and oxygen atoms in total. The number of piperidine rings is 1. The molecule has 6 heteroatoms. The molecule has 2 fully saturated rings. The summed E-state index contributed by atoms with van der Waals surface area (Å²) in [6.45, 7) is 4.19. The molecule has 0 radical (unpaired) electrons. The first-order valence-corrected chi connectivity index (χ1v) is 7.39. The molecule has 3 heterocycles. The predicted octanol–water partition coefficient (Wildman–Crippen LogP) is 0.623. The molecule has 0 bridgehead atoms. The quantitative estimate of drug-likeness (QED) is 0.887. The summed E-state index contributed by atoms with van der Waals surface area (Å²) in [6.07, 6.45) is 5.01. The van der Waals surface area contributed by atoms with Crippen molar-refractivity contribution < 1.29 is 14.0 Å². The predicted molar refractivity (Wildman–Crippen MR) is 76.9 cm³/mol.